The van der Waals surface area contributed by atoms with Crippen LogP contribution in [0.3, 0.4) is 0 Å². The van der Waals surface area contributed by atoms with Crippen molar-refractivity contribution in [3.8, 4) is 0 Å². The van der Waals surface area contributed by atoms with Crippen molar-refractivity contribution >= 4 is 5.97 Å². The van der Waals surface area contributed by atoms with Gasteiger partial charge in [-0.2, -0.15) is 0 Å². The number of hydrogen-bond donors (Lipinski definition) is 1. The zero-order valence-electron chi connectivity index (χ0n) is 17.2. The molecule has 0 aromatic heterocycles. The molecule has 0 aromatic rings. The molecule has 0 bridgehead atoms. The van der Waals surface area contributed by atoms with E-state index in [4.69, 9.17) is 7.92 Å². The Morgan fingerprint density at radius 2 is 1.04 bits per heavy atom. The van der Waals surface area contributed by atoms with Crippen LogP contribution in [0.1, 0.15) is 124 Å². The molecular weight excluding hydrogens is 391 g/mol. The van der Waals surface area contributed by atoms with Gasteiger partial charge in [0.05, 0.1) is 0 Å². The fraction of sp³-hybridized carbons (Fsp3) is 0.952. The molecule has 0 amide bonds. The van der Waals surface area contributed by atoms with Crippen molar-refractivity contribution < 1.29 is 37.9 Å². The van der Waals surface area contributed by atoms with Crippen LogP contribution in [-0.2, 0) is 32.8 Å². The fourth-order valence-electron chi connectivity index (χ4n) is 2.65. The van der Waals surface area contributed by atoms with E-state index >= 15 is 0 Å². The summed E-state index contributed by atoms with van der Waals surface area (Å²) < 4.78 is 4.84. The molecule has 0 atom stereocenters. The van der Waals surface area contributed by atoms with Crippen LogP contribution in [-0.4, -0.2) is 17.2 Å². The van der Waals surface area contributed by atoms with Crippen LogP contribution in [0.15, 0.2) is 0 Å². The zero-order valence-corrected chi connectivity index (χ0v) is 19.6. The van der Waals surface area contributed by atoms with Crippen molar-refractivity contribution in [2.75, 3.05) is 0 Å². The first-order chi connectivity index (χ1) is 12.0. The number of unbranched alkanes of at least 4 members (excludes halogenated alkanes) is 14. The van der Waals surface area contributed by atoms with Crippen LogP contribution in [0.25, 0.3) is 0 Å². The van der Waals surface area contributed by atoms with Crippen molar-refractivity contribution in [1.29, 1.82) is 0 Å². The summed E-state index contributed by atoms with van der Waals surface area (Å²) in [4.78, 5) is 10.3. The number of carboxylic acids is 1. The standard InChI is InChI=1S/C18H36O2.C3H7O.Zr/c1-2-3-4-5-6-7-8-9-10-11-12-13-14-15-16-17-18(19)20;1-3(2)4;/h2-17H2,1H3,(H,19,20);3H,1-2H3;/q;-1;+1. The summed E-state index contributed by atoms with van der Waals surface area (Å²) in [6.45, 7) is 6.32. The van der Waals surface area contributed by atoms with Gasteiger partial charge in [-0.25, -0.2) is 0 Å². The second kappa shape index (κ2) is 24.3. The van der Waals surface area contributed by atoms with E-state index in [1.165, 1.54) is 83.5 Å². The largest absolute Gasteiger partial charge is 0.481 e. The molecular formula is C21H43O3Zr. The Morgan fingerprint density at radius 3 is 1.28 bits per heavy atom. The van der Waals surface area contributed by atoms with Crippen molar-refractivity contribution in [3.63, 3.8) is 0 Å². The first kappa shape index (κ1) is 27.5. The van der Waals surface area contributed by atoms with Crippen LogP contribution >= 0.6 is 0 Å². The summed E-state index contributed by atoms with van der Waals surface area (Å²) in [6, 6.07) is 0. The smallest absolute Gasteiger partial charge is 0.303 e. The third-order valence-corrected chi connectivity index (χ3v) is 5.39. The van der Waals surface area contributed by atoms with Gasteiger partial charge in [-0.3, -0.25) is 4.79 Å². The van der Waals surface area contributed by atoms with Gasteiger partial charge in [0, 0.05) is 6.42 Å². The molecule has 1 N–H and O–H groups in total. The molecule has 25 heavy (non-hydrogen) atoms. The molecule has 0 rings (SSSR count). The predicted molar refractivity (Wildman–Crippen MR) is 103 cm³/mol. The van der Waals surface area contributed by atoms with E-state index in [1.54, 1.807) is 0 Å². The molecule has 3 nitrogen and oxygen atoms in total. The molecule has 0 spiro atoms. The molecule has 0 aliphatic carbocycles. The Kier molecular flexibility index (Phi) is 26.8. The molecule has 0 radical (unpaired) electrons. The number of hydrogen-bond acceptors (Lipinski definition) is 2. The van der Waals surface area contributed by atoms with E-state index in [0.29, 0.717) is 12.5 Å². The third kappa shape index (κ3) is 32.5. The minimum absolute atomic E-state index is 0.345. The second-order valence-corrected chi connectivity index (χ2v) is 7.84. The first-order valence-electron chi connectivity index (χ1n) is 10.6. The number of aliphatic carboxylic acids is 1. The van der Waals surface area contributed by atoms with Crippen molar-refractivity contribution in [3.05, 3.63) is 0 Å². The summed E-state index contributed by atoms with van der Waals surface area (Å²) in [5.74, 6) is -0.653. The molecule has 149 valence electrons. The van der Waals surface area contributed by atoms with Crippen molar-refractivity contribution in [1.82, 2.24) is 0 Å². The van der Waals surface area contributed by atoms with Crippen LogP contribution in [0.2, 0.25) is 0 Å². The molecule has 0 heterocycles. The van der Waals surface area contributed by atoms with Crippen LogP contribution < -0.4 is 0 Å². The van der Waals surface area contributed by atoms with Crippen molar-refractivity contribution in [2.24, 2.45) is 0 Å². The van der Waals surface area contributed by atoms with Crippen LogP contribution in [0, 0.1) is 0 Å². The Morgan fingerprint density at radius 1 is 0.760 bits per heavy atom. The molecule has 0 saturated heterocycles. The maximum absolute atomic E-state index is 10.3. The van der Waals surface area contributed by atoms with Crippen LogP contribution in [0.4, 0.5) is 0 Å². The summed E-state index contributed by atoms with van der Waals surface area (Å²) >= 11 is 1.16. The molecule has 0 aliphatic heterocycles. The topological polar surface area (TPSA) is 46.5 Å². The van der Waals surface area contributed by atoms with Gasteiger partial charge in [-0.15, -0.1) is 0 Å². The molecule has 0 fully saturated rings. The second-order valence-electron chi connectivity index (χ2n) is 7.26. The van der Waals surface area contributed by atoms with Gasteiger partial charge < -0.3 is 5.11 Å². The Balaban J connectivity index is 0. The van der Waals surface area contributed by atoms with Gasteiger partial charge in [0.2, 0.25) is 0 Å². The SMILES string of the molecule is CC(C)[O][Zr].CCCCCCCCCCCCCCCCCC(=O)O. The molecule has 0 aromatic carbocycles. The van der Waals surface area contributed by atoms with E-state index in [2.05, 4.69) is 6.92 Å². The average Bonchev–Trinajstić information content (AvgIpc) is 2.58. The van der Waals surface area contributed by atoms with E-state index in [1.807, 2.05) is 13.8 Å². The third-order valence-electron chi connectivity index (χ3n) is 4.23. The molecule has 0 saturated carbocycles. The monoisotopic (exact) mass is 433 g/mol. The minimum Gasteiger partial charge on any atom is -0.481 e. The molecule has 0 aliphatic rings. The van der Waals surface area contributed by atoms with Crippen molar-refractivity contribution in [2.45, 2.75) is 130 Å². The number of rotatable bonds is 17. The maximum atomic E-state index is 10.3. The van der Waals surface area contributed by atoms with E-state index in [9.17, 15) is 4.79 Å². The van der Waals surface area contributed by atoms with Crippen LogP contribution in [0.5, 0.6) is 0 Å². The van der Waals surface area contributed by atoms with E-state index in [-0.39, 0.29) is 0 Å². The first-order valence-corrected chi connectivity index (χ1v) is 11.6. The fourth-order valence-corrected chi connectivity index (χ4v) is 2.65. The summed E-state index contributed by atoms with van der Waals surface area (Å²) in [5.41, 5.74) is 0. The zero-order chi connectivity index (χ0) is 19.2. The normalized spacial score (nSPS) is 10.5. The maximum Gasteiger partial charge on any atom is 0.303 e. The van der Waals surface area contributed by atoms with Gasteiger partial charge in [-0.1, -0.05) is 96.8 Å². The van der Waals surface area contributed by atoms with Gasteiger partial charge in [0.1, 0.15) is 0 Å². The van der Waals surface area contributed by atoms with Gasteiger partial charge >= 0.3 is 53.9 Å². The van der Waals surface area contributed by atoms with E-state index < -0.39 is 5.97 Å². The number of carbonyl (C=O) groups is 1. The van der Waals surface area contributed by atoms with Gasteiger partial charge in [-0.05, 0) is 6.42 Å². The van der Waals surface area contributed by atoms with Gasteiger partial charge in [0.15, 0.2) is 0 Å². The quantitative estimate of drug-likeness (QED) is 0.246. The predicted octanol–water partition coefficient (Wildman–Crippen LogP) is 7.21. The Bertz CT molecular complexity index is 258. The minimum atomic E-state index is -0.653. The number of carboxylic acid groups (broad SMARTS) is 1. The van der Waals surface area contributed by atoms with E-state index in [0.717, 1.165) is 38.0 Å². The van der Waals surface area contributed by atoms with Gasteiger partial charge in [0.25, 0.3) is 0 Å². The molecule has 0 unspecified atom stereocenters. The summed E-state index contributed by atoms with van der Waals surface area (Å²) in [5, 5.41) is 8.52. The Hall–Kier alpha value is 0.313. The summed E-state index contributed by atoms with van der Waals surface area (Å²) in [7, 11) is 0. The Labute approximate surface area is 173 Å². The average molecular weight is 435 g/mol. The summed E-state index contributed by atoms with van der Waals surface area (Å²) in [6.07, 6.45) is 20.6. The molecule has 4 heteroatoms.